The molecule has 0 radical (unpaired) electrons. The van der Waals surface area contributed by atoms with E-state index < -0.39 is 11.5 Å². The summed E-state index contributed by atoms with van der Waals surface area (Å²) < 4.78 is 0. The predicted octanol–water partition coefficient (Wildman–Crippen LogP) is -0.363. The van der Waals surface area contributed by atoms with Crippen LogP contribution in [0.15, 0.2) is 0 Å². The topological polar surface area (TPSA) is 66.6 Å². The van der Waals surface area contributed by atoms with Crippen LogP contribution in [0.1, 0.15) is 19.3 Å². The molecular formula is C8H14N2O2. The first-order valence-corrected chi connectivity index (χ1v) is 4.38. The molecule has 0 amide bonds. The van der Waals surface area contributed by atoms with Gasteiger partial charge in [0.05, 0.1) is 0 Å². The van der Waals surface area contributed by atoms with Gasteiger partial charge in [-0.2, -0.15) is 0 Å². The largest absolute Gasteiger partial charge is 0.480 e. The molecule has 0 bridgehead atoms. The number of aliphatic carboxylic acids is 1. The van der Waals surface area contributed by atoms with Gasteiger partial charge in [-0.3, -0.25) is 9.69 Å². The summed E-state index contributed by atoms with van der Waals surface area (Å²) >= 11 is 0. The van der Waals surface area contributed by atoms with Gasteiger partial charge in [0.15, 0.2) is 0 Å². The van der Waals surface area contributed by atoms with Gasteiger partial charge in [0, 0.05) is 19.1 Å². The number of hydrogen-bond acceptors (Lipinski definition) is 3. The first-order valence-electron chi connectivity index (χ1n) is 4.38. The SMILES string of the molecule is NC1(C(=O)O)CCN(C2CC2)C1. The fourth-order valence-corrected chi connectivity index (χ4v) is 1.79. The van der Waals surface area contributed by atoms with Crippen molar-refractivity contribution in [3.05, 3.63) is 0 Å². The Hall–Kier alpha value is -0.610. The van der Waals surface area contributed by atoms with Crippen molar-refractivity contribution in [3.63, 3.8) is 0 Å². The second-order valence-electron chi connectivity index (χ2n) is 3.91. The number of hydrogen-bond donors (Lipinski definition) is 2. The number of nitrogens with zero attached hydrogens (tertiary/aromatic N) is 1. The Labute approximate surface area is 71.3 Å². The van der Waals surface area contributed by atoms with E-state index in [-0.39, 0.29) is 0 Å². The van der Waals surface area contributed by atoms with Crippen LogP contribution in [-0.4, -0.2) is 40.6 Å². The van der Waals surface area contributed by atoms with E-state index in [1.54, 1.807) is 0 Å². The maximum atomic E-state index is 10.8. The van der Waals surface area contributed by atoms with E-state index >= 15 is 0 Å². The summed E-state index contributed by atoms with van der Waals surface area (Å²) in [5, 5.41) is 8.84. The minimum atomic E-state index is -0.970. The molecule has 1 aliphatic carbocycles. The Bertz CT molecular complexity index is 215. The highest BCUT2D eigenvalue weighted by Gasteiger charge is 2.45. The van der Waals surface area contributed by atoms with E-state index in [1.165, 1.54) is 12.8 Å². The number of rotatable bonds is 2. The molecule has 2 rings (SSSR count). The van der Waals surface area contributed by atoms with Crippen molar-refractivity contribution in [1.82, 2.24) is 4.90 Å². The number of carboxylic acid groups (broad SMARTS) is 1. The smallest absolute Gasteiger partial charge is 0.325 e. The minimum absolute atomic E-state index is 0.535. The van der Waals surface area contributed by atoms with Gasteiger partial charge in [-0.1, -0.05) is 0 Å². The van der Waals surface area contributed by atoms with Crippen molar-refractivity contribution >= 4 is 5.97 Å². The van der Waals surface area contributed by atoms with Crippen molar-refractivity contribution in [2.75, 3.05) is 13.1 Å². The lowest BCUT2D eigenvalue weighted by Gasteiger charge is -2.19. The molecule has 0 aromatic heterocycles. The molecule has 2 aliphatic rings. The summed E-state index contributed by atoms with van der Waals surface area (Å²) in [5.74, 6) is -0.856. The zero-order valence-corrected chi connectivity index (χ0v) is 6.99. The van der Waals surface area contributed by atoms with Gasteiger partial charge >= 0.3 is 5.97 Å². The van der Waals surface area contributed by atoms with Crippen LogP contribution in [0.3, 0.4) is 0 Å². The van der Waals surface area contributed by atoms with Crippen molar-refractivity contribution in [2.45, 2.75) is 30.8 Å². The fraction of sp³-hybridized carbons (Fsp3) is 0.875. The Morgan fingerprint density at radius 3 is 2.67 bits per heavy atom. The maximum Gasteiger partial charge on any atom is 0.325 e. The van der Waals surface area contributed by atoms with Crippen LogP contribution in [0.5, 0.6) is 0 Å². The van der Waals surface area contributed by atoms with Crippen molar-refractivity contribution in [1.29, 1.82) is 0 Å². The lowest BCUT2D eigenvalue weighted by Crippen LogP contribution is -2.50. The van der Waals surface area contributed by atoms with Crippen LogP contribution >= 0.6 is 0 Å². The van der Waals surface area contributed by atoms with Gasteiger partial charge in [-0.05, 0) is 19.3 Å². The number of likely N-dealkylation sites (tertiary alicyclic amines) is 1. The van der Waals surface area contributed by atoms with Gasteiger partial charge in [0.1, 0.15) is 5.54 Å². The van der Waals surface area contributed by atoms with Gasteiger partial charge in [0.25, 0.3) is 0 Å². The molecule has 1 heterocycles. The Morgan fingerprint density at radius 2 is 2.25 bits per heavy atom. The molecule has 0 aromatic rings. The maximum absolute atomic E-state index is 10.8. The molecule has 2 fully saturated rings. The van der Waals surface area contributed by atoms with Crippen LogP contribution in [0.2, 0.25) is 0 Å². The summed E-state index contributed by atoms with van der Waals surface area (Å²) in [5.41, 5.74) is 4.75. The third-order valence-corrected chi connectivity index (χ3v) is 2.82. The van der Waals surface area contributed by atoms with Crippen molar-refractivity contribution in [2.24, 2.45) is 5.73 Å². The van der Waals surface area contributed by atoms with Crippen LogP contribution in [0.4, 0.5) is 0 Å². The highest BCUT2D eigenvalue weighted by Crippen LogP contribution is 2.32. The van der Waals surface area contributed by atoms with Gasteiger partial charge in [-0.15, -0.1) is 0 Å². The van der Waals surface area contributed by atoms with Crippen LogP contribution in [-0.2, 0) is 4.79 Å². The zero-order chi connectivity index (χ0) is 8.77. The van der Waals surface area contributed by atoms with Gasteiger partial charge in [-0.25, -0.2) is 0 Å². The third kappa shape index (κ3) is 1.21. The average Bonchev–Trinajstić information content (AvgIpc) is 2.76. The lowest BCUT2D eigenvalue weighted by molar-refractivity contribution is -0.142. The molecule has 0 spiro atoms. The molecular weight excluding hydrogens is 156 g/mol. The fourth-order valence-electron chi connectivity index (χ4n) is 1.79. The predicted molar refractivity (Wildman–Crippen MR) is 43.8 cm³/mol. The summed E-state index contributed by atoms with van der Waals surface area (Å²) in [6.07, 6.45) is 3.03. The molecule has 1 unspecified atom stereocenters. The van der Waals surface area contributed by atoms with Gasteiger partial charge in [0.2, 0.25) is 0 Å². The number of carbonyl (C=O) groups is 1. The molecule has 3 N–H and O–H groups in total. The first-order chi connectivity index (χ1) is 5.62. The minimum Gasteiger partial charge on any atom is -0.480 e. The summed E-state index contributed by atoms with van der Waals surface area (Å²) in [6.45, 7) is 1.39. The number of carboxylic acids is 1. The van der Waals surface area contributed by atoms with Crippen LogP contribution in [0.25, 0.3) is 0 Å². The van der Waals surface area contributed by atoms with E-state index in [0.717, 1.165) is 6.54 Å². The Balaban J connectivity index is 1.99. The number of nitrogens with two attached hydrogens (primary N) is 1. The second kappa shape index (κ2) is 2.44. The van der Waals surface area contributed by atoms with Crippen LogP contribution < -0.4 is 5.73 Å². The monoisotopic (exact) mass is 170 g/mol. The molecule has 12 heavy (non-hydrogen) atoms. The molecule has 1 saturated carbocycles. The zero-order valence-electron chi connectivity index (χ0n) is 6.99. The van der Waals surface area contributed by atoms with Crippen molar-refractivity contribution in [3.8, 4) is 0 Å². The van der Waals surface area contributed by atoms with Crippen LogP contribution in [0, 0.1) is 0 Å². The molecule has 0 aromatic carbocycles. The average molecular weight is 170 g/mol. The summed E-state index contributed by atoms with van der Waals surface area (Å²) in [7, 11) is 0. The van der Waals surface area contributed by atoms with E-state index in [4.69, 9.17) is 10.8 Å². The van der Waals surface area contributed by atoms with Gasteiger partial charge < -0.3 is 10.8 Å². The molecule has 1 saturated heterocycles. The Kier molecular flexibility index (Phi) is 1.63. The summed E-state index contributed by atoms with van der Waals surface area (Å²) in [6, 6.07) is 0.634. The second-order valence-corrected chi connectivity index (χ2v) is 3.91. The standard InChI is InChI=1S/C8H14N2O2/c9-8(7(11)12)3-4-10(5-8)6-1-2-6/h6H,1-5,9H2,(H,11,12). The lowest BCUT2D eigenvalue weighted by atomic mass is 10.0. The quantitative estimate of drug-likeness (QED) is 0.593. The van der Waals surface area contributed by atoms with Crippen molar-refractivity contribution < 1.29 is 9.90 Å². The third-order valence-electron chi connectivity index (χ3n) is 2.82. The van der Waals surface area contributed by atoms with E-state index in [0.29, 0.717) is 19.0 Å². The van der Waals surface area contributed by atoms with E-state index in [1.807, 2.05) is 0 Å². The Morgan fingerprint density at radius 1 is 1.58 bits per heavy atom. The normalized spacial score (nSPS) is 37.1. The highest BCUT2D eigenvalue weighted by atomic mass is 16.4. The van der Waals surface area contributed by atoms with E-state index in [9.17, 15) is 4.79 Å². The molecule has 4 nitrogen and oxygen atoms in total. The first kappa shape index (κ1) is 8.01. The molecule has 1 aliphatic heterocycles. The molecule has 68 valence electrons. The molecule has 4 heteroatoms. The highest BCUT2D eigenvalue weighted by molar-refractivity contribution is 5.79. The molecule has 1 atom stereocenters. The summed E-state index contributed by atoms with van der Waals surface area (Å²) in [4.78, 5) is 13.0. The van der Waals surface area contributed by atoms with E-state index in [2.05, 4.69) is 4.90 Å².